The summed E-state index contributed by atoms with van der Waals surface area (Å²) in [5, 5.41) is 3.83. The van der Waals surface area contributed by atoms with Gasteiger partial charge in [-0.25, -0.2) is 4.39 Å². The van der Waals surface area contributed by atoms with E-state index in [2.05, 4.69) is 26.1 Å². The van der Waals surface area contributed by atoms with Crippen molar-refractivity contribution in [2.24, 2.45) is 5.73 Å². The second-order valence-electron chi connectivity index (χ2n) is 4.41. The quantitative estimate of drug-likeness (QED) is 0.946. The Morgan fingerprint density at radius 2 is 2.22 bits per heavy atom. The maximum Gasteiger partial charge on any atom is 0.229 e. The molecule has 0 spiro atoms. The first-order valence-corrected chi connectivity index (χ1v) is 6.48. The van der Waals surface area contributed by atoms with Crippen molar-refractivity contribution in [3.05, 3.63) is 45.8 Å². The van der Waals surface area contributed by atoms with Crippen molar-refractivity contribution in [1.82, 2.24) is 10.1 Å². The Morgan fingerprint density at radius 1 is 1.44 bits per heavy atom. The Hall–Kier alpha value is -1.27. The second kappa shape index (κ2) is 4.44. The molecule has 0 aliphatic heterocycles. The molecule has 1 unspecified atom stereocenters. The van der Waals surface area contributed by atoms with Gasteiger partial charge in [0.05, 0.1) is 6.04 Å². The first-order valence-electron chi connectivity index (χ1n) is 5.69. The molecule has 18 heavy (non-hydrogen) atoms. The van der Waals surface area contributed by atoms with Crippen LogP contribution in [0.2, 0.25) is 0 Å². The minimum absolute atomic E-state index is 0.328. The summed E-state index contributed by atoms with van der Waals surface area (Å²) in [6.07, 6.45) is 2.14. The lowest BCUT2D eigenvalue weighted by Gasteiger charge is -2.08. The third-order valence-corrected chi connectivity index (χ3v) is 3.45. The average Bonchev–Trinajstić information content (AvgIpc) is 3.09. The molecular formula is C12H11BrFN3O. The van der Waals surface area contributed by atoms with E-state index in [0.717, 1.165) is 17.3 Å². The summed E-state index contributed by atoms with van der Waals surface area (Å²) in [6, 6.07) is 3.91. The molecule has 1 atom stereocenters. The Balaban J connectivity index is 1.92. The topological polar surface area (TPSA) is 64.9 Å². The molecule has 2 N–H and O–H groups in total. The van der Waals surface area contributed by atoms with Crippen molar-refractivity contribution in [3.8, 4) is 0 Å². The minimum atomic E-state index is -0.709. The molecule has 1 aliphatic rings. The summed E-state index contributed by atoms with van der Waals surface area (Å²) >= 11 is 3.29. The van der Waals surface area contributed by atoms with E-state index >= 15 is 0 Å². The molecule has 1 fully saturated rings. The van der Waals surface area contributed by atoms with Crippen LogP contribution in [0.3, 0.4) is 0 Å². The molecular weight excluding hydrogens is 301 g/mol. The van der Waals surface area contributed by atoms with Crippen LogP contribution in [0.15, 0.2) is 27.2 Å². The van der Waals surface area contributed by atoms with Crippen molar-refractivity contribution in [2.75, 3.05) is 0 Å². The monoisotopic (exact) mass is 311 g/mol. The van der Waals surface area contributed by atoms with Gasteiger partial charge in [0.1, 0.15) is 5.82 Å². The zero-order valence-electron chi connectivity index (χ0n) is 9.44. The number of nitrogens with two attached hydrogens (primary N) is 1. The maximum atomic E-state index is 13.7. The molecule has 0 amide bonds. The fraction of sp³-hybridized carbons (Fsp3) is 0.333. The first-order chi connectivity index (χ1) is 8.65. The number of hydrogen-bond acceptors (Lipinski definition) is 4. The summed E-state index contributed by atoms with van der Waals surface area (Å²) in [5.74, 6) is 0.930. The predicted octanol–water partition coefficient (Wildman–Crippen LogP) is 2.90. The molecule has 1 aliphatic carbocycles. The number of halogens is 2. The molecule has 1 aromatic heterocycles. The minimum Gasteiger partial charge on any atom is -0.339 e. The van der Waals surface area contributed by atoms with Crippen LogP contribution >= 0.6 is 15.9 Å². The lowest BCUT2D eigenvalue weighted by Crippen LogP contribution is -2.15. The third-order valence-electron chi connectivity index (χ3n) is 2.96. The van der Waals surface area contributed by atoms with Crippen LogP contribution < -0.4 is 5.73 Å². The van der Waals surface area contributed by atoms with Crippen LogP contribution in [-0.2, 0) is 0 Å². The lowest BCUT2D eigenvalue weighted by molar-refractivity contribution is 0.372. The molecule has 0 radical (unpaired) electrons. The molecule has 1 heterocycles. The SMILES string of the molecule is NC(c1noc(C2CC2)n1)c1cc(Br)ccc1F. The molecule has 94 valence electrons. The zero-order valence-corrected chi connectivity index (χ0v) is 11.0. The van der Waals surface area contributed by atoms with Crippen LogP contribution in [0.1, 0.15) is 42.1 Å². The summed E-state index contributed by atoms with van der Waals surface area (Å²) in [7, 11) is 0. The van der Waals surface area contributed by atoms with Crippen LogP contribution in [0, 0.1) is 5.82 Å². The second-order valence-corrected chi connectivity index (χ2v) is 5.32. The zero-order chi connectivity index (χ0) is 12.7. The van der Waals surface area contributed by atoms with E-state index in [4.69, 9.17) is 10.3 Å². The Morgan fingerprint density at radius 3 is 2.94 bits per heavy atom. The van der Waals surface area contributed by atoms with E-state index in [0.29, 0.717) is 23.2 Å². The highest BCUT2D eigenvalue weighted by atomic mass is 79.9. The molecule has 1 aromatic carbocycles. The Bertz CT molecular complexity index is 582. The van der Waals surface area contributed by atoms with E-state index in [1.807, 2.05) is 0 Å². The number of aromatic nitrogens is 2. The van der Waals surface area contributed by atoms with E-state index in [1.165, 1.54) is 6.07 Å². The molecule has 0 saturated heterocycles. The highest BCUT2D eigenvalue weighted by molar-refractivity contribution is 9.10. The lowest BCUT2D eigenvalue weighted by atomic mass is 10.1. The van der Waals surface area contributed by atoms with Crippen LogP contribution in [0.25, 0.3) is 0 Å². The molecule has 3 rings (SSSR count). The van der Waals surface area contributed by atoms with E-state index in [9.17, 15) is 4.39 Å². The highest BCUT2D eigenvalue weighted by Gasteiger charge is 2.31. The van der Waals surface area contributed by atoms with Crippen molar-refractivity contribution in [1.29, 1.82) is 0 Å². The maximum absolute atomic E-state index is 13.7. The average molecular weight is 312 g/mol. The smallest absolute Gasteiger partial charge is 0.229 e. The van der Waals surface area contributed by atoms with Crippen molar-refractivity contribution < 1.29 is 8.91 Å². The molecule has 6 heteroatoms. The third kappa shape index (κ3) is 2.18. The van der Waals surface area contributed by atoms with Gasteiger partial charge in [0.25, 0.3) is 0 Å². The van der Waals surface area contributed by atoms with E-state index in [-0.39, 0.29) is 5.82 Å². The van der Waals surface area contributed by atoms with Gasteiger partial charge in [0.2, 0.25) is 5.89 Å². The number of hydrogen-bond donors (Lipinski definition) is 1. The highest BCUT2D eigenvalue weighted by Crippen LogP contribution is 2.39. The van der Waals surface area contributed by atoms with E-state index in [1.54, 1.807) is 12.1 Å². The summed E-state index contributed by atoms with van der Waals surface area (Å²) in [6.45, 7) is 0. The Labute approximate surface area is 112 Å². The molecule has 1 saturated carbocycles. The van der Waals surface area contributed by atoms with Crippen molar-refractivity contribution in [3.63, 3.8) is 0 Å². The van der Waals surface area contributed by atoms with Crippen molar-refractivity contribution in [2.45, 2.75) is 24.8 Å². The molecule has 0 bridgehead atoms. The predicted molar refractivity (Wildman–Crippen MR) is 66.4 cm³/mol. The van der Waals surface area contributed by atoms with Gasteiger partial charge >= 0.3 is 0 Å². The van der Waals surface area contributed by atoms with Gasteiger partial charge < -0.3 is 10.3 Å². The number of rotatable bonds is 3. The number of benzene rings is 1. The molecule has 4 nitrogen and oxygen atoms in total. The number of nitrogens with zero attached hydrogens (tertiary/aromatic N) is 2. The summed E-state index contributed by atoms with van der Waals surface area (Å²) in [4.78, 5) is 4.23. The van der Waals surface area contributed by atoms with Gasteiger partial charge in [-0.2, -0.15) is 4.98 Å². The van der Waals surface area contributed by atoms with E-state index < -0.39 is 6.04 Å². The van der Waals surface area contributed by atoms with Gasteiger partial charge in [-0.3, -0.25) is 0 Å². The van der Waals surface area contributed by atoms with Crippen molar-refractivity contribution >= 4 is 15.9 Å². The van der Waals surface area contributed by atoms with Gasteiger partial charge in [-0.15, -0.1) is 0 Å². The van der Waals surface area contributed by atoms with Crippen LogP contribution in [-0.4, -0.2) is 10.1 Å². The Kier molecular flexibility index (Phi) is 2.91. The fourth-order valence-electron chi connectivity index (χ4n) is 1.76. The summed E-state index contributed by atoms with van der Waals surface area (Å²) in [5.41, 5.74) is 6.33. The van der Waals surface area contributed by atoms with Gasteiger partial charge in [-0.1, -0.05) is 21.1 Å². The van der Waals surface area contributed by atoms with Crippen LogP contribution in [0.4, 0.5) is 4.39 Å². The standard InChI is InChI=1S/C12H11BrFN3O/c13-7-3-4-9(14)8(5-7)10(15)11-16-12(18-17-11)6-1-2-6/h3-6,10H,1-2,15H2. The normalized spacial score (nSPS) is 16.8. The van der Waals surface area contributed by atoms with Gasteiger partial charge in [0.15, 0.2) is 5.82 Å². The van der Waals surface area contributed by atoms with Gasteiger partial charge in [-0.05, 0) is 31.0 Å². The van der Waals surface area contributed by atoms with Crippen LogP contribution in [0.5, 0.6) is 0 Å². The fourth-order valence-corrected chi connectivity index (χ4v) is 2.14. The largest absolute Gasteiger partial charge is 0.339 e. The first kappa shape index (κ1) is 11.8. The van der Waals surface area contributed by atoms with Gasteiger partial charge in [0, 0.05) is 16.0 Å². The summed E-state index contributed by atoms with van der Waals surface area (Å²) < 4.78 is 19.6. The molecule has 2 aromatic rings.